The van der Waals surface area contributed by atoms with Crippen molar-refractivity contribution in [3.8, 4) is 0 Å². The zero-order valence-electron chi connectivity index (χ0n) is 11.0. The van der Waals surface area contributed by atoms with Crippen LogP contribution in [0.1, 0.15) is 22.7 Å². The molecule has 2 nitrogen and oxygen atoms in total. The molecule has 0 aliphatic rings. The largest absolute Gasteiger partial charge is 0.416 e. The maximum absolute atomic E-state index is 13.1. The third-order valence-electron chi connectivity index (χ3n) is 3.20. The number of nitrogens with one attached hydrogen (secondary N) is 1. The standard InChI is InChI=1S/C15H14BrF3N2/c16-11-7-5-10(6-8-11)9-14(21-20)12-3-1-2-4-13(12)15(17,18)19/h1-8,14,21H,9,20H2. The Morgan fingerprint density at radius 3 is 2.24 bits per heavy atom. The van der Waals surface area contributed by atoms with Crippen molar-refractivity contribution < 1.29 is 13.2 Å². The third-order valence-corrected chi connectivity index (χ3v) is 3.72. The number of rotatable bonds is 4. The van der Waals surface area contributed by atoms with E-state index in [1.54, 1.807) is 6.07 Å². The first kappa shape index (κ1) is 16.0. The molecule has 3 N–H and O–H groups in total. The average Bonchev–Trinajstić information content (AvgIpc) is 2.46. The van der Waals surface area contributed by atoms with Crippen molar-refractivity contribution >= 4 is 15.9 Å². The highest BCUT2D eigenvalue weighted by Gasteiger charge is 2.34. The summed E-state index contributed by atoms with van der Waals surface area (Å²) in [5, 5.41) is 0. The van der Waals surface area contributed by atoms with E-state index in [1.165, 1.54) is 12.1 Å². The lowest BCUT2D eigenvalue weighted by Crippen LogP contribution is -2.31. The molecule has 2 aromatic rings. The summed E-state index contributed by atoms with van der Waals surface area (Å²) in [7, 11) is 0. The molecule has 0 heterocycles. The SMILES string of the molecule is NNC(Cc1ccc(Br)cc1)c1ccccc1C(F)(F)F. The van der Waals surface area contributed by atoms with Gasteiger partial charge in [0.1, 0.15) is 0 Å². The molecule has 2 aromatic carbocycles. The molecule has 6 heteroatoms. The number of nitrogens with two attached hydrogens (primary N) is 1. The Hall–Kier alpha value is -1.37. The van der Waals surface area contributed by atoms with Gasteiger partial charge in [-0.1, -0.05) is 46.3 Å². The van der Waals surface area contributed by atoms with E-state index in [9.17, 15) is 13.2 Å². The Labute approximate surface area is 129 Å². The van der Waals surface area contributed by atoms with Crippen LogP contribution in [-0.4, -0.2) is 0 Å². The van der Waals surface area contributed by atoms with Crippen molar-refractivity contribution in [3.05, 3.63) is 69.7 Å². The lowest BCUT2D eigenvalue weighted by atomic mass is 9.95. The lowest BCUT2D eigenvalue weighted by Gasteiger charge is -2.21. The Kier molecular flexibility index (Phi) is 5.03. The van der Waals surface area contributed by atoms with E-state index in [2.05, 4.69) is 21.4 Å². The minimum Gasteiger partial charge on any atom is -0.271 e. The predicted octanol–water partition coefficient (Wildman–Crippen LogP) is 4.22. The lowest BCUT2D eigenvalue weighted by molar-refractivity contribution is -0.138. The minimum absolute atomic E-state index is 0.149. The predicted molar refractivity (Wildman–Crippen MR) is 79.4 cm³/mol. The number of hydrazine groups is 1. The Morgan fingerprint density at radius 1 is 1.05 bits per heavy atom. The van der Waals surface area contributed by atoms with Crippen LogP contribution in [0.4, 0.5) is 13.2 Å². The van der Waals surface area contributed by atoms with Crippen LogP contribution in [0.15, 0.2) is 53.0 Å². The summed E-state index contributed by atoms with van der Waals surface area (Å²) in [6, 6.07) is 12.3. The number of benzene rings is 2. The zero-order chi connectivity index (χ0) is 15.5. The molecule has 2 rings (SSSR count). The highest BCUT2D eigenvalue weighted by molar-refractivity contribution is 9.10. The summed E-state index contributed by atoms with van der Waals surface area (Å²) in [5.41, 5.74) is 2.87. The molecular formula is C15H14BrF3N2. The van der Waals surface area contributed by atoms with E-state index in [0.717, 1.165) is 16.1 Å². The second-order valence-corrected chi connectivity index (χ2v) is 5.55. The second kappa shape index (κ2) is 6.60. The molecule has 0 saturated carbocycles. The van der Waals surface area contributed by atoms with Gasteiger partial charge < -0.3 is 0 Å². The molecule has 0 radical (unpaired) electrons. The molecule has 112 valence electrons. The molecule has 21 heavy (non-hydrogen) atoms. The van der Waals surface area contributed by atoms with Crippen LogP contribution in [0.25, 0.3) is 0 Å². The fourth-order valence-corrected chi connectivity index (χ4v) is 2.44. The van der Waals surface area contributed by atoms with Crippen LogP contribution in [0, 0.1) is 0 Å². The van der Waals surface area contributed by atoms with Gasteiger partial charge in [0.2, 0.25) is 0 Å². The van der Waals surface area contributed by atoms with Crippen LogP contribution in [0.2, 0.25) is 0 Å². The normalized spacial score (nSPS) is 13.2. The number of alkyl halides is 3. The Balaban J connectivity index is 2.32. The molecule has 0 bridgehead atoms. The molecule has 0 saturated heterocycles. The smallest absolute Gasteiger partial charge is 0.271 e. The van der Waals surface area contributed by atoms with Gasteiger partial charge in [0.05, 0.1) is 11.6 Å². The first-order valence-corrected chi connectivity index (χ1v) is 7.08. The van der Waals surface area contributed by atoms with Gasteiger partial charge in [-0.15, -0.1) is 0 Å². The van der Waals surface area contributed by atoms with E-state index in [4.69, 9.17) is 5.84 Å². The average molecular weight is 359 g/mol. The van der Waals surface area contributed by atoms with Gasteiger partial charge in [0, 0.05) is 4.47 Å². The fourth-order valence-electron chi connectivity index (χ4n) is 2.17. The highest BCUT2D eigenvalue weighted by atomic mass is 79.9. The fraction of sp³-hybridized carbons (Fsp3) is 0.200. The molecule has 0 aliphatic carbocycles. The van der Waals surface area contributed by atoms with Crippen molar-refractivity contribution in [2.75, 3.05) is 0 Å². The van der Waals surface area contributed by atoms with E-state index in [-0.39, 0.29) is 5.56 Å². The van der Waals surface area contributed by atoms with Gasteiger partial charge in [0.15, 0.2) is 0 Å². The molecule has 0 aliphatic heterocycles. The summed E-state index contributed by atoms with van der Waals surface area (Å²) in [6.45, 7) is 0. The first-order chi connectivity index (χ1) is 9.91. The summed E-state index contributed by atoms with van der Waals surface area (Å²) in [4.78, 5) is 0. The van der Waals surface area contributed by atoms with Crippen molar-refractivity contribution in [1.82, 2.24) is 5.43 Å². The van der Waals surface area contributed by atoms with Crippen molar-refractivity contribution in [3.63, 3.8) is 0 Å². The van der Waals surface area contributed by atoms with Crippen LogP contribution >= 0.6 is 15.9 Å². The maximum Gasteiger partial charge on any atom is 0.416 e. The molecule has 0 spiro atoms. The summed E-state index contributed by atoms with van der Waals surface area (Å²) >= 11 is 3.32. The quantitative estimate of drug-likeness (QED) is 0.634. The second-order valence-electron chi connectivity index (χ2n) is 4.63. The number of hydrogen-bond acceptors (Lipinski definition) is 2. The van der Waals surface area contributed by atoms with Gasteiger partial charge in [-0.3, -0.25) is 11.3 Å². The molecule has 0 amide bonds. The number of hydrogen-bond donors (Lipinski definition) is 2. The monoisotopic (exact) mass is 358 g/mol. The van der Waals surface area contributed by atoms with Crippen molar-refractivity contribution in [1.29, 1.82) is 0 Å². The maximum atomic E-state index is 13.1. The Bertz CT molecular complexity index is 597. The molecule has 0 aromatic heterocycles. The molecule has 0 fully saturated rings. The Morgan fingerprint density at radius 2 is 1.67 bits per heavy atom. The minimum atomic E-state index is -4.40. The highest BCUT2D eigenvalue weighted by Crippen LogP contribution is 2.35. The van der Waals surface area contributed by atoms with Crippen LogP contribution in [0.5, 0.6) is 0 Å². The summed E-state index contributed by atoms with van der Waals surface area (Å²) in [5.74, 6) is 5.47. The first-order valence-electron chi connectivity index (χ1n) is 6.28. The topological polar surface area (TPSA) is 38.0 Å². The molecule has 1 unspecified atom stereocenters. The van der Waals surface area contributed by atoms with Crippen LogP contribution < -0.4 is 11.3 Å². The van der Waals surface area contributed by atoms with Gasteiger partial charge >= 0.3 is 6.18 Å². The van der Waals surface area contributed by atoms with Crippen molar-refractivity contribution in [2.45, 2.75) is 18.6 Å². The van der Waals surface area contributed by atoms with E-state index < -0.39 is 17.8 Å². The van der Waals surface area contributed by atoms with Gasteiger partial charge in [-0.25, -0.2) is 0 Å². The third kappa shape index (κ3) is 4.06. The van der Waals surface area contributed by atoms with E-state index in [0.29, 0.717) is 6.42 Å². The van der Waals surface area contributed by atoms with Crippen molar-refractivity contribution in [2.24, 2.45) is 5.84 Å². The van der Waals surface area contributed by atoms with E-state index >= 15 is 0 Å². The zero-order valence-corrected chi connectivity index (χ0v) is 12.6. The van der Waals surface area contributed by atoms with Crippen LogP contribution in [-0.2, 0) is 12.6 Å². The van der Waals surface area contributed by atoms with Gasteiger partial charge in [-0.2, -0.15) is 13.2 Å². The number of halogens is 4. The van der Waals surface area contributed by atoms with Gasteiger partial charge in [-0.05, 0) is 35.7 Å². The molecule has 1 atom stereocenters. The van der Waals surface area contributed by atoms with Crippen LogP contribution in [0.3, 0.4) is 0 Å². The van der Waals surface area contributed by atoms with E-state index in [1.807, 2.05) is 24.3 Å². The summed E-state index contributed by atoms with van der Waals surface area (Å²) < 4.78 is 40.1. The molecular weight excluding hydrogens is 345 g/mol. The summed E-state index contributed by atoms with van der Waals surface area (Å²) in [6.07, 6.45) is -4.03. The van der Waals surface area contributed by atoms with Gasteiger partial charge in [0.25, 0.3) is 0 Å².